The normalized spacial score (nSPS) is 17.3. The molecule has 39 heavy (non-hydrogen) atoms. The van der Waals surface area contributed by atoms with E-state index in [9.17, 15) is 19.7 Å². The molecule has 0 spiro atoms. The fourth-order valence-corrected chi connectivity index (χ4v) is 6.33. The van der Waals surface area contributed by atoms with Crippen LogP contribution in [-0.2, 0) is 11.3 Å². The fraction of sp³-hybridized carbons (Fsp3) is 0.333. The third-order valence-corrected chi connectivity index (χ3v) is 8.36. The number of hydrogen-bond donors (Lipinski definition) is 1. The van der Waals surface area contributed by atoms with Gasteiger partial charge >= 0.3 is 0 Å². The smallest absolute Gasteiger partial charge is 0.294 e. The second kappa shape index (κ2) is 11.1. The Hall–Kier alpha value is -3.85. The van der Waals surface area contributed by atoms with E-state index >= 15 is 0 Å². The van der Waals surface area contributed by atoms with E-state index in [2.05, 4.69) is 5.32 Å². The molecule has 0 radical (unpaired) electrons. The van der Waals surface area contributed by atoms with Crippen LogP contribution < -0.4 is 5.32 Å². The number of aryl methyl sites for hydroxylation is 2. The van der Waals surface area contributed by atoms with Crippen molar-refractivity contribution in [3.05, 3.63) is 91.6 Å². The first-order chi connectivity index (χ1) is 18.7. The van der Waals surface area contributed by atoms with Crippen molar-refractivity contribution in [1.29, 1.82) is 0 Å². The average molecular weight is 545 g/mol. The summed E-state index contributed by atoms with van der Waals surface area (Å²) in [6.45, 7) is 6.04. The van der Waals surface area contributed by atoms with Gasteiger partial charge in [0.05, 0.1) is 22.1 Å². The SMILES string of the molecule is Cc1cccc(CN2C(=O)S/C(=C\c3cc(C)n(-c4ccc(NC5CCCCC5)c([N+](=O)[O-])c4)c3C)C2=O)c1. The number of rotatable bonds is 7. The number of benzene rings is 2. The van der Waals surface area contributed by atoms with Crippen LogP contribution in [0.5, 0.6) is 0 Å². The zero-order valence-electron chi connectivity index (χ0n) is 22.4. The van der Waals surface area contributed by atoms with Gasteiger partial charge in [0.15, 0.2) is 0 Å². The summed E-state index contributed by atoms with van der Waals surface area (Å²) in [5.74, 6) is -0.315. The van der Waals surface area contributed by atoms with Crippen LogP contribution in [0.4, 0.5) is 16.2 Å². The Bertz CT molecular complexity index is 1490. The zero-order valence-corrected chi connectivity index (χ0v) is 23.2. The first-order valence-electron chi connectivity index (χ1n) is 13.3. The molecular weight excluding hydrogens is 512 g/mol. The van der Waals surface area contributed by atoms with Crippen LogP contribution in [0.2, 0.25) is 0 Å². The number of aromatic nitrogens is 1. The number of hydrogen-bond acceptors (Lipinski definition) is 6. The van der Waals surface area contributed by atoms with E-state index in [-0.39, 0.29) is 34.3 Å². The van der Waals surface area contributed by atoms with Crippen molar-refractivity contribution in [1.82, 2.24) is 9.47 Å². The van der Waals surface area contributed by atoms with Gasteiger partial charge in [0.2, 0.25) is 0 Å². The minimum atomic E-state index is -0.339. The molecule has 2 aliphatic rings. The number of thioether (sulfide) groups is 1. The second-order valence-corrected chi connectivity index (χ2v) is 11.3. The number of nitrogens with one attached hydrogen (secondary N) is 1. The number of anilines is 1. The van der Waals surface area contributed by atoms with Gasteiger partial charge in [0, 0.05) is 23.5 Å². The number of amides is 2. The number of imide groups is 1. The van der Waals surface area contributed by atoms with Crippen LogP contribution in [0.15, 0.2) is 53.4 Å². The van der Waals surface area contributed by atoms with Crippen LogP contribution in [0.3, 0.4) is 0 Å². The largest absolute Gasteiger partial charge is 0.377 e. The van der Waals surface area contributed by atoms with Gasteiger partial charge < -0.3 is 9.88 Å². The van der Waals surface area contributed by atoms with Crippen molar-refractivity contribution in [2.24, 2.45) is 0 Å². The molecule has 8 nitrogen and oxygen atoms in total. The van der Waals surface area contributed by atoms with Gasteiger partial charge in [0.1, 0.15) is 5.69 Å². The topological polar surface area (TPSA) is 97.5 Å². The summed E-state index contributed by atoms with van der Waals surface area (Å²) in [5, 5.41) is 15.1. The van der Waals surface area contributed by atoms with Gasteiger partial charge in [-0.05, 0) is 80.8 Å². The Labute approximate surface area is 232 Å². The maximum absolute atomic E-state index is 13.1. The summed E-state index contributed by atoms with van der Waals surface area (Å²) in [6, 6.07) is 15.2. The lowest BCUT2D eigenvalue weighted by molar-refractivity contribution is -0.384. The summed E-state index contributed by atoms with van der Waals surface area (Å²) in [5.41, 5.74) is 5.74. The molecule has 9 heteroatoms. The predicted molar refractivity (Wildman–Crippen MR) is 155 cm³/mol. The highest BCUT2D eigenvalue weighted by molar-refractivity contribution is 8.18. The van der Waals surface area contributed by atoms with E-state index in [4.69, 9.17) is 0 Å². The molecule has 0 bridgehead atoms. The molecule has 2 fully saturated rings. The molecule has 1 aliphatic carbocycles. The molecule has 2 heterocycles. The van der Waals surface area contributed by atoms with Gasteiger partial charge in [-0.3, -0.25) is 24.6 Å². The molecule has 1 N–H and O–H groups in total. The van der Waals surface area contributed by atoms with Gasteiger partial charge in [-0.25, -0.2) is 0 Å². The molecule has 1 saturated heterocycles. The Morgan fingerprint density at radius 1 is 1.05 bits per heavy atom. The molecule has 0 atom stereocenters. The van der Waals surface area contributed by atoms with Crippen molar-refractivity contribution in [3.8, 4) is 5.69 Å². The van der Waals surface area contributed by atoms with Crippen molar-refractivity contribution in [3.63, 3.8) is 0 Å². The third kappa shape index (κ3) is 5.63. The van der Waals surface area contributed by atoms with Gasteiger partial charge in [-0.15, -0.1) is 0 Å². The van der Waals surface area contributed by atoms with Crippen molar-refractivity contribution >= 4 is 40.4 Å². The Kier molecular flexibility index (Phi) is 7.61. The van der Waals surface area contributed by atoms with E-state index in [0.717, 1.165) is 65.5 Å². The number of nitro groups is 1. The predicted octanol–water partition coefficient (Wildman–Crippen LogP) is 7.29. The first-order valence-corrected chi connectivity index (χ1v) is 14.1. The van der Waals surface area contributed by atoms with Crippen LogP contribution >= 0.6 is 11.8 Å². The highest BCUT2D eigenvalue weighted by atomic mass is 32.2. The highest BCUT2D eigenvalue weighted by Gasteiger charge is 2.35. The Balaban J connectivity index is 1.41. The lowest BCUT2D eigenvalue weighted by Crippen LogP contribution is -2.27. The lowest BCUT2D eigenvalue weighted by Gasteiger charge is -2.24. The molecule has 1 aromatic heterocycles. The molecule has 202 valence electrons. The molecule has 1 saturated carbocycles. The van der Waals surface area contributed by atoms with E-state index in [1.165, 1.54) is 11.3 Å². The summed E-state index contributed by atoms with van der Waals surface area (Å²) >= 11 is 0.936. The van der Waals surface area contributed by atoms with Gasteiger partial charge in [-0.1, -0.05) is 49.1 Å². The quantitative estimate of drug-likeness (QED) is 0.191. The molecule has 5 rings (SSSR count). The first kappa shape index (κ1) is 26.7. The molecule has 2 amide bonds. The summed E-state index contributed by atoms with van der Waals surface area (Å²) in [6.07, 6.45) is 7.28. The number of nitro benzene ring substituents is 1. The molecule has 0 unspecified atom stereocenters. The fourth-order valence-electron chi connectivity index (χ4n) is 5.50. The summed E-state index contributed by atoms with van der Waals surface area (Å²) in [4.78, 5) is 39.1. The van der Waals surface area contributed by atoms with E-state index in [0.29, 0.717) is 16.3 Å². The van der Waals surface area contributed by atoms with Crippen LogP contribution in [-0.4, -0.2) is 31.6 Å². The summed E-state index contributed by atoms with van der Waals surface area (Å²) < 4.78 is 1.94. The van der Waals surface area contributed by atoms with Crippen molar-refractivity contribution < 1.29 is 14.5 Å². The lowest BCUT2D eigenvalue weighted by atomic mass is 9.95. The monoisotopic (exact) mass is 544 g/mol. The van der Waals surface area contributed by atoms with Crippen molar-refractivity contribution in [2.45, 2.75) is 65.5 Å². The summed E-state index contributed by atoms with van der Waals surface area (Å²) in [7, 11) is 0. The Morgan fingerprint density at radius 3 is 2.54 bits per heavy atom. The Morgan fingerprint density at radius 2 is 1.82 bits per heavy atom. The molecule has 3 aromatic rings. The molecule has 1 aliphatic heterocycles. The van der Waals surface area contributed by atoms with E-state index in [1.807, 2.05) is 61.7 Å². The minimum Gasteiger partial charge on any atom is -0.377 e. The number of carbonyl (C=O) groups is 2. The van der Waals surface area contributed by atoms with Crippen LogP contribution in [0, 0.1) is 30.9 Å². The van der Waals surface area contributed by atoms with Gasteiger partial charge in [-0.2, -0.15) is 0 Å². The minimum absolute atomic E-state index is 0.0457. The zero-order chi connectivity index (χ0) is 27.7. The van der Waals surface area contributed by atoms with Crippen LogP contribution in [0.1, 0.15) is 60.2 Å². The van der Waals surface area contributed by atoms with E-state index in [1.54, 1.807) is 18.2 Å². The maximum atomic E-state index is 13.1. The van der Waals surface area contributed by atoms with E-state index < -0.39 is 0 Å². The molecule has 2 aromatic carbocycles. The average Bonchev–Trinajstić information content (AvgIpc) is 3.33. The highest BCUT2D eigenvalue weighted by Crippen LogP contribution is 2.36. The third-order valence-electron chi connectivity index (χ3n) is 7.45. The maximum Gasteiger partial charge on any atom is 0.294 e. The number of nitrogens with zero attached hydrogens (tertiary/aromatic N) is 3. The molecular formula is C30H32N4O4S. The van der Waals surface area contributed by atoms with Gasteiger partial charge in [0.25, 0.3) is 16.8 Å². The number of carbonyl (C=O) groups excluding carboxylic acids is 2. The van der Waals surface area contributed by atoms with Crippen LogP contribution in [0.25, 0.3) is 11.8 Å². The standard InChI is InChI=1S/C30H32N4O4S/c1-19-8-7-9-22(14-19)18-32-29(35)28(39-30(32)36)16-23-15-20(2)33(21(23)3)25-12-13-26(27(17-25)34(37)38)31-24-10-5-4-6-11-24/h7-9,12-17,24,31H,4-6,10-11,18H2,1-3H3/b28-16-. The second-order valence-electron chi connectivity index (χ2n) is 10.4. The van der Waals surface area contributed by atoms with Crippen molar-refractivity contribution in [2.75, 3.05) is 5.32 Å².